The molecule has 0 aromatic carbocycles. The molecule has 0 spiro atoms. The van der Waals surface area contributed by atoms with Crippen molar-refractivity contribution in [3.8, 4) is 0 Å². The summed E-state index contributed by atoms with van der Waals surface area (Å²) in [6.45, 7) is 2.06. The molecule has 4 rings (SSSR count). The van der Waals surface area contributed by atoms with Crippen LogP contribution in [0.1, 0.15) is 44.2 Å². The number of carbonyl (C=O) groups is 2. The van der Waals surface area contributed by atoms with Gasteiger partial charge in [0.1, 0.15) is 0 Å². The molecule has 0 N–H and O–H groups in total. The molecule has 2 amide bonds. The fraction of sp³-hybridized carbons (Fsp3) is 0.706. The molecule has 24 heavy (non-hydrogen) atoms. The van der Waals surface area contributed by atoms with Crippen LogP contribution in [0.25, 0.3) is 0 Å². The molecule has 0 radical (unpaired) electrons. The quantitative estimate of drug-likeness (QED) is 0.837. The molecule has 3 heterocycles. The van der Waals surface area contributed by atoms with Crippen LogP contribution in [0.5, 0.6) is 0 Å². The summed E-state index contributed by atoms with van der Waals surface area (Å²) in [5.74, 6) is 0.278. The predicted molar refractivity (Wildman–Crippen MR) is 91.1 cm³/mol. The minimum atomic E-state index is 0.139. The fourth-order valence-electron chi connectivity index (χ4n) is 4.01. The Morgan fingerprint density at radius 3 is 3.00 bits per heavy atom. The van der Waals surface area contributed by atoms with Gasteiger partial charge in [0.2, 0.25) is 11.8 Å². The molecule has 3 fully saturated rings. The van der Waals surface area contributed by atoms with E-state index in [0.29, 0.717) is 26.0 Å². The van der Waals surface area contributed by atoms with E-state index in [0.717, 1.165) is 36.6 Å². The van der Waals surface area contributed by atoms with Crippen molar-refractivity contribution in [2.24, 2.45) is 0 Å². The molecule has 6 nitrogen and oxygen atoms in total. The maximum absolute atomic E-state index is 12.8. The number of amides is 2. The lowest BCUT2D eigenvalue weighted by Gasteiger charge is -2.43. The van der Waals surface area contributed by atoms with E-state index >= 15 is 0 Å². The van der Waals surface area contributed by atoms with Gasteiger partial charge in [0, 0.05) is 24.9 Å². The molecular weight excluding hydrogens is 326 g/mol. The van der Waals surface area contributed by atoms with E-state index in [1.807, 2.05) is 10.3 Å². The largest absolute Gasteiger partial charge is 0.374 e. The SMILES string of the molecule is O=C1CCCN1c1nc(CC(=O)N2CCOC3CCCCC32)cs1. The van der Waals surface area contributed by atoms with Crippen molar-refractivity contribution in [1.82, 2.24) is 9.88 Å². The Hall–Kier alpha value is -1.47. The second-order valence-corrected chi connectivity index (χ2v) is 7.63. The van der Waals surface area contributed by atoms with Gasteiger partial charge < -0.3 is 9.64 Å². The van der Waals surface area contributed by atoms with Gasteiger partial charge in [-0.2, -0.15) is 0 Å². The monoisotopic (exact) mass is 349 g/mol. The number of thiazole rings is 1. The Bertz CT molecular complexity index is 630. The van der Waals surface area contributed by atoms with Crippen LogP contribution in [0.15, 0.2) is 5.38 Å². The van der Waals surface area contributed by atoms with Crippen LogP contribution in [0.2, 0.25) is 0 Å². The molecule has 0 bridgehead atoms. The second-order valence-electron chi connectivity index (χ2n) is 6.80. The Morgan fingerprint density at radius 1 is 1.29 bits per heavy atom. The number of nitrogens with zero attached hydrogens (tertiary/aromatic N) is 3. The molecule has 1 aliphatic carbocycles. The number of anilines is 1. The summed E-state index contributed by atoms with van der Waals surface area (Å²) in [7, 11) is 0. The van der Waals surface area contributed by atoms with Crippen LogP contribution in [0.4, 0.5) is 5.13 Å². The number of hydrogen-bond donors (Lipinski definition) is 0. The lowest BCUT2D eigenvalue weighted by atomic mass is 9.90. The Labute approximate surface area is 145 Å². The molecule has 7 heteroatoms. The average Bonchev–Trinajstić information content (AvgIpc) is 3.23. The van der Waals surface area contributed by atoms with Gasteiger partial charge in [-0.3, -0.25) is 14.5 Å². The van der Waals surface area contributed by atoms with Crippen molar-refractivity contribution in [2.75, 3.05) is 24.6 Å². The zero-order valence-corrected chi connectivity index (χ0v) is 14.6. The van der Waals surface area contributed by atoms with Gasteiger partial charge in [0.25, 0.3) is 0 Å². The van der Waals surface area contributed by atoms with Crippen molar-refractivity contribution < 1.29 is 14.3 Å². The Morgan fingerprint density at radius 2 is 2.17 bits per heavy atom. The predicted octanol–water partition coefficient (Wildman–Crippen LogP) is 1.98. The van der Waals surface area contributed by atoms with Crippen molar-refractivity contribution >= 4 is 28.3 Å². The molecule has 1 saturated carbocycles. The van der Waals surface area contributed by atoms with E-state index in [2.05, 4.69) is 4.98 Å². The Balaban J connectivity index is 1.42. The number of hydrogen-bond acceptors (Lipinski definition) is 5. The van der Waals surface area contributed by atoms with E-state index in [-0.39, 0.29) is 24.0 Å². The first-order valence-corrected chi connectivity index (χ1v) is 9.76. The third kappa shape index (κ3) is 3.07. The number of ether oxygens (including phenoxy) is 1. The third-order valence-electron chi connectivity index (χ3n) is 5.23. The lowest BCUT2D eigenvalue weighted by Crippen LogP contribution is -2.55. The van der Waals surface area contributed by atoms with E-state index in [4.69, 9.17) is 4.74 Å². The van der Waals surface area contributed by atoms with Crippen molar-refractivity contribution in [3.05, 3.63) is 11.1 Å². The highest BCUT2D eigenvalue weighted by molar-refractivity contribution is 7.14. The topological polar surface area (TPSA) is 62.7 Å². The van der Waals surface area contributed by atoms with Gasteiger partial charge in [-0.25, -0.2) is 4.98 Å². The molecule has 2 aliphatic heterocycles. The number of aromatic nitrogens is 1. The normalized spacial score (nSPS) is 27.4. The summed E-state index contributed by atoms with van der Waals surface area (Å²) in [5, 5.41) is 2.65. The molecule has 130 valence electrons. The maximum atomic E-state index is 12.8. The van der Waals surface area contributed by atoms with Crippen molar-refractivity contribution in [2.45, 2.75) is 57.1 Å². The number of rotatable bonds is 3. The average molecular weight is 349 g/mol. The molecular formula is C17H23N3O3S. The summed E-state index contributed by atoms with van der Waals surface area (Å²) < 4.78 is 5.84. The smallest absolute Gasteiger partial charge is 0.229 e. The standard InChI is InChI=1S/C17H23N3O3S/c21-15-6-3-7-20(15)17-18-12(11-24-17)10-16(22)19-8-9-23-14-5-2-1-4-13(14)19/h11,13-14H,1-10H2. The first kappa shape index (κ1) is 16.0. The number of fused-ring (bicyclic) bond motifs is 1. The molecule has 2 atom stereocenters. The molecule has 1 aromatic rings. The Kier molecular flexibility index (Phi) is 4.54. The van der Waals surface area contributed by atoms with E-state index in [1.54, 1.807) is 4.90 Å². The minimum absolute atomic E-state index is 0.139. The molecule has 2 saturated heterocycles. The van der Waals surface area contributed by atoms with Gasteiger partial charge in [-0.15, -0.1) is 11.3 Å². The molecule has 1 aromatic heterocycles. The fourth-order valence-corrected chi connectivity index (χ4v) is 4.88. The highest BCUT2D eigenvalue weighted by Gasteiger charge is 2.36. The van der Waals surface area contributed by atoms with Gasteiger partial charge >= 0.3 is 0 Å². The highest BCUT2D eigenvalue weighted by atomic mass is 32.1. The van der Waals surface area contributed by atoms with Crippen molar-refractivity contribution in [3.63, 3.8) is 0 Å². The summed E-state index contributed by atoms with van der Waals surface area (Å²) in [5.41, 5.74) is 0.776. The zero-order chi connectivity index (χ0) is 16.5. The highest BCUT2D eigenvalue weighted by Crippen LogP contribution is 2.30. The van der Waals surface area contributed by atoms with Gasteiger partial charge in [-0.05, 0) is 19.3 Å². The van der Waals surface area contributed by atoms with Crippen LogP contribution < -0.4 is 4.90 Å². The molecule has 2 unspecified atom stereocenters. The van der Waals surface area contributed by atoms with E-state index in [1.165, 1.54) is 24.2 Å². The van der Waals surface area contributed by atoms with Gasteiger partial charge in [0.15, 0.2) is 5.13 Å². The van der Waals surface area contributed by atoms with E-state index in [9.17, 15) is 9.59 Å². The second kappa shape index (κ2) is 6.80. The summed E-state index contributed by atoms with van der Waals surface area (Å²) in [6.07, 6.45) is 6.50. The lowest BCUT2D eigenvalue weighted by molar-refractivity contribution is -0.148. The van der Waals surface area contributed by atoms with Crippen LogP contribution in [-0.2, 0) is 20.7 Å². The maximum Gasteiger partial charge on any atom is 0.229 e. The van der Waals surface area contributed by atoms with Crippen LogP contribution in [-0.4, -0.2) is 53.5 Å². The number of carbonyl (C=O) groups excluding carboxylic acids is 2. The first-order chi connectivity index (χ1) is 11.7. The van der Waals surface area contributed by atoms with E-state index < -0.39 is 0 Å². The van der Waals surface area contributed by atoms with Crippen LogP contribution >= 0.6 is 11.3 Å². The molecule has 3 aliphatic rings. The third-order valence-corrected chi connectivity index (χ3v) is 6.14. The van der Waals surface area contributed by atoms with Crippen molar-refractivity contribution in [1.29, 1.82) is 0 Å². The van der Waals surface area contributed by atoms with Gasteiger partial charge in [0.05, 0.1) is 30.9 Å². The van der Waals surface area contributed by atoms with Crippen LogP contribution in [0.3, 0.4) is 0 Å². The summed E-state index contributed by atoms with van der Waals surface area (Å²) >= 11 is 1.46. The summed E-state index contributed by atoms with van der Waals surface area (Å²) in [4.78, 5) is 32.9. The summed E-state index contributed by atoms with van der Waals surface area (Å²) in [6, 6.07) is 0.235. The minimum Gasteiger partial charge on any atom is -0.374 e. The van der Waals surface area contributed by atoms with Gasteiger partial charge in [-0.1, -0.05) is 12.8 Å². The van der Waals surface area contributed by atoms with Crippen LogP contribution in [0, 0.1) is 0 Å². The number of morpholine rings is 1. The zero-order valence-electron chi connectivity index (χ0n) is 13.8. The first-order valence-electron chi connectivity index (χ1n) is 8.88.